The third-order valence-electron chi connectivity index (χ3n) is 1.76. The second kappa shape index (κ2) is 6.54. The third-order valence-corrected chi connectivity index (χ3v) is 1.76. The van der Waals surface area contributed by atoms with Crippen LogP contribution in [0, 0.1) is 0 Å². The molecule has 0 heterocycles. The van der Waals surface area contributed by atoms with Gasteiger partial charge in [0.05, 0.1) is 12.5 Å². The molecule has 0 spiro atoms. The van der Waals surface area contributed by atoms with Gasteiger partial charge in [0.25, 0.3) is 0 Å². The lowest BCUT2D eigenvalue weighted by Crippen LogP contribution is -2.21. The second-order valence-electron chi connectivity index (χ2n) is 3.46. The van der Waals surface area contributed by atoms with Crippen molar-refractivity contribution in [1.82, 2.24) is 0 Å². The number of esters is 1. The van der Waals surface area contributed by atoms with Crippen LogP contribution in [0.5, 0.6) is 0 Å². The summed E-state index contributed by atoms with van der Waals surface area (Å²) < 4.78 is 9.91. The van der Waals surface area contributed by atoms with Crippen molar-refractivity contribution in [2.45, 2.75) is 45.8 Å². The van der Waals surface area contributed by atoms with Crippen molar-refractivity contribution in [3.05, 3.63) is 0 Å². The Hall–Kier alpha value is -0.900. The molecular weight excluding hydrogens is 184 g/mol. The van der Waals surface area contributed by atoms with Crippen LogP contribution in [0.15, 0.2) is 0 Å². The molecule has 4 nitrogen and oxygen atoms in total. The first-order chi connectivity index (χ1) is 6.45. The zero-order valence-electron chi connectivity index (χ0n) is 9.20. The van der Waals surface area contributed by atoms with Gasteiger partial charge in [-0.05, 0) is 20.8 Å². The number of carbonyl (C=O) groups is 2. The predicted molar refractivity (Wildman–Crippen MR) is 51.9 cm³/mol. The van der Waals surface area contributed by atoms with E-state index in [0.29, 0.717) is 0 Å². The molecule has 0 radical (unpaired) electrons. The van der Waals surface area contributed by atoms with E-state index in [1.54, 1.807) is 13.8 Å². The molecule has 4 heteroatoms. The van der Waals surface area contributed by atoms with E-state index in [1.807, 2.05) is 0 Å². The molecule has 0 aliphatic rings. The Bertz CT molecular complexity index is 200. The molecule has 0 bridgehead atoms. The van der Waals surface area contributed by atoms with Gasteiger partial charge in [-0.2, -0.15) is 0 Å². The normalized spacial score (nSPS) is 14.6. The Morgan fingerprint density at radius 3 is 2.14 bits per heavy atom. The zero-order chi connectivity index (χ0) is 11.1. The largest absolute Gasteiger partial charge is 0.462 e. The van der Waals surface area contributed by atoms with Crippen LogP contribution in [-0.4, -0.2) is 31.1 Å². The van der Waals surface area contributed by atoms with Gasteiger partial charge in [-0.15, -0.1) is 0 Å². The summed E-state index contributed by atoms with van der Waals surface area (Å²) in [5.74, 6) is -0.307. The van der Waals surface area contributed by atoms with E-state index in [4.69, 9.17) is 9.47 Å². The van der Waals surface area contributed by atoms with Gasteiger partial charge in [-0.25, -0.2) is 0 Å². The van der Waals surface area contributed by atoms with Crippen LogP contribution in [-0.2, 0) is 19.1 Å². The van der Waals surface area contributed by atoms with E-state index >= 15 is 0 Å². The molecule has 0 unspecified atom stereocenters. The van der Waals surface area contributed by atoms with Gasteiger partial charge in [-0.1, -0.05) is 0 Å². The monoisotopic (exact) mass is 202 g/mol. The SMILES string of the molecule is CO[C@H](C)CC(=O)O[C@@H](C)CC(C)=O. The molecule has 0 N–H and O–H groups in total. The summed E-state index contributed by atoms with van der Waals surface area (Å²) in [6.07, 6.45) is 0.00218. The lowest BCUT2D eigenvalue weighted by Gasteiger charge is -2.13. The van der Waals surface area contributed by atoms with Crippen molar-refractivity contribution >= 4 is 11.8 Å². The van der Waals surface area contributed by atoms with Gasteiger partial charge >= 0.3 is 5.97 Å². The molecule has 0 aromatic rings. The first kappa shape index (κ1) is 13.1. The molecule has 0 aliphatic heterocycles. The summed E-state index contributed by atoms with van der Waals surface area (Å²) in [7, 11) is 1.54. The first-order valence-electron chi connectivity index (χ1n) is 4.67. The minimum Gasteiger partial charge on any atom is -0.462 e. The Morgan fingerprint density at radius 1 is 1.14 bits per heavy atom. The lowest BCUT2D eigenvalue weighted by atomic mass is 10.2. The maximum absolute atomic E-state index is 11.2. The van der Waals surface area contributed by atoms with Crippen molar-refractivity contribution in [1.29, 1.82) is 0 Å². The van der Waals surface area contributed by atoms with E-state index in [2.05, 4.69) is 0 Å². The summed E-state index contributed by atoms with van der Waals surface area (Å²) in [4.78, 5) is 21.9. The second-order valence-corrected chi connectivity index (χ2v) is 3.46. The van der Waals surface area contributed by atoms with Gasteiger partial charge in [0, 0.05) is 13.5 Å². The number of Topliss-reactive ketones (excluding diaryl/α,β-unsaturated/α-hetero) is 1. The number of hydrogen-bond donors (Lipinski definition) is 0. The topological polar surface area (TPSA) is 52.6 Å². The van der Waals surface area contributed by atoms with Crippen LogP contribution in [0.2, 0.25) is 0 Å². The van der Waals surface area contributed by atoms with Gasteiger partial charge < -0.3 is 9.47 Å². The van der Waals surface area contributed by atoms with E-state index in [-0.39, 0.29) is 36.8 Å². The summed E-state index contributed by atoms with van der Waals surface area (Å²) in [6.45, 7) is 4.97. The summed E-state index contributed by atoms with van der Waals surface area (Å²) in [5.41, 5.74) is 0. The van der Waals surface area contributed by atoms with Crippen LogP contribution < -0.4 is 0 Å². The molecule has 0 rings (SSSR count). The highest BCUT2D eigenvalue weighted by Gasteiger charge is 2.14. The third kappa shape index (κ3) is 6.60. The van der Waals surface area contributed by atoms with Crippen LogP contribution in [0.25, 0.3) is 0 Å². The molecule has 0 aromatic heterocycles. The average Bonchev–Trinajstić information content (AvgIpc) is 2.01. The van der Waals surface area contributed by atoms with Crippen LogP contribution in [0.3, 0.4) is 0 Å². The highest BCUT2D eigenvalue weighted by molar-refractivity contribution is 5.76. The molecule has 82 valence electrons. The number of carbonyl (C=O) groups excluding carboxylic acids is 2. The van der Waals surface area contributed by atoms with Gasteiger partial charge in [-0.3, -0.25) is 9.59 Å². The highest BCUT2D eigenvalue weighted by atomic mass is 16.5. The number of ketones is 1. The number of hydrogen-bond acceptors (Lipinski definition) is 4. The van der Waals surface area contributed by atoms with Crippen molar-refractivity contribution in [2.24, 2.45) is 0 Å². The van der Waals surface area contributed by atoms with Crippen molar-refractivity contribution in [2.75, 3.05) is 7.11 Å². The Balaban J connectivity index is 3.76. The zero-order valence-corrected chi connectivity index (χ0v) is 9.20. The van der Waals surface area contributed by atoms with E-state index in [9.17, 15) is 9.59 Å². The van der Waals surface area contributed by atoms with Crippen LogP contribution >= 0.6 is 0 Å². The minimum atomic E-state index is -0.343. The maximum Gasteiger partial charge on any atom is 0.308 e. The Morgan fingerprint density at radius 2 is 1.71 bits per heavy atom. The lowest BCUT2D eigenvalue weighted by molar-refractivity contribution is -0.151. The van der Waals surface area contributed by atoms with Gasteiger partial charge in [0.15, 0.2) is 0 Å². The smallest absolute Gasteiger partial charge is 0.308 e. The molecule has 0 aromatic carbocycles. The van der Waals surface area contributed by atoms with Crippen molar-refractivity contribution < 1.29 is 19.1 Å². The molecule has 0 saturated carbocycles. The fourth-order valence-corrected chi connectivity index (χ4v) is 1.04. The highest BCUT2D eigenvalue weighted by Crippen LogP contribution is 2.03. The molecule has 2 atom stereocenters. The molecule has 0 saturated heterocycles. The fraction of sp³-hybridized carbons (Fsp3) is 0.800. The van der Waals surface area contributed by atoms with Crippen LogP contribution in [0.1, 0.15) is 33.6 Å². The fourth-order valence-electron chi connectivity index (χ4n) is 1.04. The molecule has 0 amide bonds. The van der Waals surface area contributed by atoms with Crippen molar-refractivity contribution in [3.63, 3.8) is 0 Å². The number of ether oxygens (including phenoxy) is 2. The molecule has 14 heavy (non-hydrogen) atoms. The predicted octanol–water partition coefficient (Wildman–Crippen LogP) is 1.32. The maximum atomic E-state index is 11.2. The minimum absolute atomic E-state index is 0.0186. The molecule has 0 fully saturated rings. The summed E-state index contributed by atoms with van der Waals surface area (Å²) in [5, 5.41) is 0. The standard InChI is InChI=1S/C10H18O4/c1-7(11)5-9(3)14-10(12)6-8(2)13-4/h8-9H,5-6H2,1-4H3/t8-,9+/m1/s1. The van der Waals surface area contributed by atoms with Crippen molar-refractivity contribution in [3.8, 4) is 0 Å². The number of methoxy groups -OCH3 is 1. The van der Waals surface area contributed by atoms with Crippen LogP contribution in [0.4, 0.5) is 0 Å². The Labute approximate surface area is 84.6 Å². The number of rotatable bonds is 6. The Kier molecular flexibility index (Phi) is 6.12. The molecular formula is C10H18O4. The quantitative estimate of drug-likeness (QED) is 0.609. The average molecular weight is 202 g/mol. The van der Waals surface area contributed by atoms with E-state index in [1.165, 1.54) is 14.0 Å². The van der Waals surface area contributed by atoms with E-state index in [0.717, 1.165) is 0 Å². The summed E-state index contributed by atoms with van der Waals surface area (Å²) in [6, 6.07) is 0. The van der Waals surface area contributed by atoms with E-state index < -0.39 is 0 Å². The van der Waals surface area contributed by atoms with Gasteiger partial charge in [0.1, 0.15) is 11.9 Å². The molecule has 0 aliphatic carbocycles. The summed E-state index contributed by atoms with van der Waals surface area (Å²) >= 11 is 0. The first-order valence-corrected chi connectivity index (χ1v) is 4.67. The van der Waals surface area contributed by atoms with Gasteiger partial charge in [0.2, 0.25) is 0 Å².